The first-order valence-corrected chi connectivity index (χ1v) is 5.67. The molecule has 78 valence electrons. The van der Waals surface area contributed by atoms with Gasteiger partial charge < -0.3 is 4.57 Å². The van der Waals surface area contributed by atoms with Gasteiger partial charge in [0.2, 0.25) is 0 Å². The fourth-order valence-corrected chi connectivity index (χ4v) is 1.53. The molecule has 1 aromatic rings. The average Bonchev–Trinajstić information content (AvgIpc) is 2.13. The van der Waals surface area contributed by atoms with Crippen LogP contribution in [0.4, 0.5) is 0 Å². The van der Waals surface area contributed by atoms with Crippen LogP contribution in [0.5, 0.6) is 0 Å². The van der Waals surface area contributed by atoms with Crippen LogP contribution in [0.3, 0.4) is 0 Å². The minimum Gasteiger partial charge on any atom is -0.315 e. The lowest BCUT2D eigenvalue weighted by molar-refractivity contribution is 0.506. The Morgan fingerprint density at radius 3 is 2.71 bits per heavy atom. The predicted octanol–water partition coefficient (Wildman–Crippen LogP) is 2.97. The van der Waals surface area contributed by atoms with E-state index in [-0.39, 0.29) is 5.56 Å². The minimum absolute atomic E-state index is 0.111. The molecule has 0 fully saturated rings. The van der Waals surface area contributed by atoms with Gasteiger partial charge in [-0.05, 0) is 25.3 Å². The summed E-state index contributed by atoms with van der Waals surface area (Å²) in [6, 6.07) is 1.93. The van der Waals surface area contributed by atoms with Crippen LogP contribution in [0.2, 0.25) is 0 Å². The van der Waals surface area contributed by atoms with Crippen molar-refractivity contribution in [1.29, 1.82) is 0 Å². The molecule has 0 aliphatic carbocycles. The molecule has 0 aliphatic heterocycles. The maximum atomic E-state index is 11.7. The first-order valence-electron chi connectivity index (χ1n) is 4.88. The first-order chi connectivity index (χ1) is 6.52. The maximum Gasteiger partial charge on any atom is 0.254 e. The van der Waals surface area contributed by atoms with E-state index in [9.17, 15) is 4.79 Å². The number of aromatic nitrogens is 1. The van der Waals surface area contributed by atoms with Gasteiger partial charge in [-0.2, -0.15) is 0 Å². The molecule has 0 radical (unpaired) electrons. The molecule has 3 heteroatoms. The molecule has 0 spiro atoms. The summed E-state index contributed by atoms with van der Waals surface area (Å²) < 4.78 is 2.67. The Morgan fingerprint density at radius 2 is 2.14 bits per heavy atom. The molecule has 14 heavy (non-hydrogen) atoms. The van der Waals surface area contributed by atoms with E-state index in [1.807, 2.05) is 19.2 Å². The van der Waals surface area contributed by atoms with Gasteiger partial charge in [0.25, 0.3) is 5.56 Å². The summed E-state index contributed by atoms with van der Waals surface area (Å²) in [7, 11) is 0. The van der Waals surface area contributed by atoms with Crippen LogP contribution in [-0.4, -0.2) is 4.57 Å². The summed E-state index contributed by atoms with van der Waals surface area (Å²) in [5.74, 6) is 0.630. The molecule has 0 saturated carbocycles. The molecule has 0 bridgehead atoms. The van der Waals surface area contributed by atoms with E-state index in [1.54, 1.807) is 4.57 Å². The van der Waals surface area contributed by atoms with Crippen molar-refractivity contribution in [2.75, 3.05) is 0 Å². The standard InChI is InChI=1S/C11H16BrNO/c1-8(2)4-6-13-7-5-10(12)9(3)11(13)14/h5,7-8H,4,6H2,1-3H3. The lowest BCUT2D eigenvalue weighted by atomic mass is 10.1. The van der Waals surface area contributed by atoms with Crippen LogP contribution in [0.25, 0.3) is 0 Å². The van der Waals surface area contributed by atoms with E-state index in [4.69, 9.17) is 0 Å². The largest absolute Gasteiger partial charge is 0.315 e. The van der Waals surface area contributed by atoms with Crippen LogP contribution >= 0.6 is 15.9 Å². The number of hydrogen-bond acceptors (Lipinski definition) is 1. The molecule has 1 aromatic heterocycles. The molecule has 0 N–H and O–H groups in total. The Bertz CT molecular complexity index is 368. The molecule has 2 nitrogen and oxygen atoms in total. The van der Waals surface area contributed by atoms with Gasteiger partial charge in [-0.3, -0.25) is 4.79 Å². The van der Waals surface area contributed by atoms with Gasteiger partial charge in [-0.1, -0.05) is 29.8 Å². The summed E-state index contributed by atoms with van der Waals surface area (Å²) in [6.45, 7) is 6.98. The van der Waals surface area contributed by atoms with Crippen LogP contribution in [0, 0.1) is 12.8 Å². The Kier molecular flexibility index (Phi) is 3.93. The number of aryl methyl sites for hydroxylation is 1. The Balaban J connectivity index is 2.89. The molecule has 1 heterocycles. The summed E-state index contributed by atoms with van der Waals surface area (Å²) in [5, 5.41) is 0. The average molecular weight is 258 g/mol. The SMILES string of the molecule is Cc1c(Br)ccn(CCC(C)C)c1=O. The second-order valence-electron chi connectivity index (χ2n) is 3.97. The van der Waals surface area contributed by atoms with E-state index in [2.05, 4.69) is 29.8 Å². The van der Waals surface area contributed by atoms with Gasteiger partial charge in [-0.15, -0.1) is 0 Å². The molecular formula is C11H16BrNO. The minimum atomic E-state index is 0.111. The summed E-state index contributed by atoms with van der Waals surface area (Å²) >= 11 is 3.35. The molecule has 0 aromatic carbocycles. The van der Waals surface area contributed by atoms with E-state index < -0.39 is 0 Å². The van der Waals surface area contributed by atoms with Crippen molar-refractivity contribution < 1.29 is 0 Å². The maximum absolute atomic E-state index is 11.7. The molecule has 0 amide bonds. The van der Waals surface area contributed by atoms with Crippen LogP contribution < -0.4 is 5.56 Å². The highest BCUT2D eigenvalue weighted by molar-refractivity contribution is 9.10. The fourth-order valence-electron chi connectivity index (χ4n) is 1.24. The van der Waals surface area contributed by atoms with E-state index >= 15 is 0 Å². The van der Waals surface area contributed by atoms with Crippen molar-refractivity contribution in [1.82, 2.24) is 4.57 Å². The van der Waals surface area contributed by atoms with Crippen molar-refractivity contribution in [3.05, 3.63) is 32.7 Å². The normalized spacial score (nSPS) is 10.9. The fraction of sp³-hybridized carbons (Fsp3) is 0.545. The molecule has 0 aliphatic rings. The summed E-state index contributed by atoms with van der Waals surface area (Å²) in [4.78, 5) is 11.7. The molecule has 0 unspecified atom stereocenters. The van der Waals surface area contributed by atoms with Gasteiger partial charge in [0.05, 0.1) is 0 Å². The number of nitrogens with zero attached hydrogens (tertiary/aromatic N) is 1. The van der Waals surface area contributed by atoms with E-state index in [0.29, 0.717) is 5.92 Å². The third-order valence-electron chi connectivity index (χ3n) is 2.29. The number of halogens is 1. The summed E-state index contributed by atoms with van der Waals surface area (Å²) in [5.41, 5.74) is 0.899. The van der Waals surface area contributed by atoms with Crippen molar-refractivity contribution in [3.8, 4) is 0 Å². The monoisotopic (exact) mass is 257 g/mol. The molecular weight excluding hydrogens is 242 g/mol. The quantitative estimate of drug-likeness (QED) is 0.816. The Labute approximate surface area is 93.1 Å². The molecule has 0 atom stereocenters. The third kappa shape index (κ3) is 2.71. The van der Waals surface area contributed by atoms with Gasteiger partial charge in [0.15, 0.2) is 0 Å². The van der Waals surface area contributed by atoms with Crippen LogP contribution in [0.15, 0.2) is 21.5 Å². The summed E-state index contributed by atoms with van der Waals surface area (Å²) in [6.07, 6.45) is 2.89. The number of pyridine rings is 1. The highest BCUT2D eigenvalue weighted by atomic mass is 79.9. The van der Waals surface area contributed by atoms with Gasteiger partial charge >= 0.3 is 0 Å². The van der Waals surface area contributed by atoms with Gasteiger partial charge in [0, 0.05) is 22.8 Å². The van der Waals surface area contributed by atoms with Crippen molar-refractivity contribution in [2.24, 2.45) is 5.92 Å². The second-order valence-corrected chi connectivity index (χ2v) is 4.82. The van der Waals surface area contributed by atoms with Gasteiger partial charge in [0.1, 0.15) is 0 Å². The molecule has 0 saturated heterocycles. The van der Waals surface area contributed by atoms with E-state index in [1.165, 1.54) is 0 Å². The highest BCUT2D eigenvalue weighted by Gasteiger charge is 2.03. The zero-order valence-corrected chi connectivity index (χ0v) is 10.5. The lowest BCUT2D eigenvalue weighted by Crippen LogP contribution is -2.22. The number of rotatable bonds is 3. The zero-order chi connectivity index (χ0) is 10.7. The van der Waals surface area contributed by atoms with Crippen molar-refractivity contribution in [3.63, 3.8) is 0 Å². The Morgan fingerprint density at radius 1 is 1.50 bits per heavy atom. The van der Waals surface area contributed by atoms with Crippen molar-refractivity contribution in [2.45, 2.75) is 33.7 Å². The zero-order valence-electron chi connectivity index (χ0n) is 8.88. The lowest BCUT2D eigenvalue weighted by Gasteiger charge is -2.09. The topological polar surface area (TPSA) is 22.0 Å². The van der Waals surface area contributed by atoms with Crippen molar-refractivity contribution >= 4 is 15.9 Å². The second kappa shape index (κ2) is 4.78. The number of hydrogen-bond donors (Lipinski definition) is 0. The molecule has 1 rings (SSSR count). The predicted molar refractivity (Wildman–Crippen MR) is 62.6 cm³/mol. The third-order valence-corrected chi connectivity index (χ3v) is 3.15. The van der Waals surface area contributed by atoms with Crippen LogP contribution in [0.1, 0.15) is 25.8 Å². The first kappa shape index (κ1) is 11.5. The smallest absolute Gasteiger partial charge is 0.254 e. The van der Waals surface area contributed by atoms with Gasteiger partial charge in [-0.25, -0.2) is 0 Å². The van der Waals surface area contributed by atoms with E-state index in [0.717, 1.165) is 23.0 Å². The highest BCUT2D eigenvalue weighted by Crippen LogP contribution is 2.11. The van der Waals surface area contributed by atoms with Crippen LogP contribution in [-0.2, 0) is 6.54 Å². The Hall–Kier alpha value is -0.570.